The zero-order valence-corrected chi connectivity index (χ0v) is 10.9. The quantitative estimate of drug-likeness (QED) is 0.780. The number of aliphatic hydroxyl groups is 1. The van der Waals surface area contributed by atoms with Crippen molar-refractivity contribution in [3.63, 3.8) is 0 Å². The number of aliphatic hydroxyl groups excluding tert-OH is 1. The van der Waals surface area contributed by atoms with Crippen molar-refractivity contribution in [3.05, 3.63) is 58.4 Å². The summed E-state index contributed by atoms with van der Waals surface area (Å²) in [5.74, 6) is -0.322. The second kappa shape index (κ2) is 4.57. The lowest BCUT2D eigenvalue weighted by molar-refractivity contribution is 0.175. The molecule has 1 heterocycles. The summed E-state index contributed by atoms with van der Waals surface area (Å²) in [6.45, 7) is 0. The lowest BCUT2D eigenvalue weighted by atomic mass is 10.0. The standard InChI is InChI=1S/C14H10ClFOS/c15-9-2-1-8-5-12(17)11-7-10(16)3-4-13(11)18-14(8)6-9/h1-4,6-7,12,17H,5H2. The maximum absolute atomic E-state index is 13.3. The van der Waals surface area contributed by atoms with Crippen molar-refractivity contribution >= 4 is 23.4 Å². The highest BCUT2D eigenvalue weighted by Crippen LogP contribution is 2.41. The first kappa shape index (κ1) is 12.0. The molecule has 0 fully saturated rings. The summed E-state index contributed by atoms with van der Waals surface area (Å²) in [5, 5.41) is 10.8. The third-order valence-electron chi connectivity index (χ3n) is 2.99. The fourth-order valence-electron chi connectivity index (χ4n) is 2.10. The summed E-state index contributed by atoms with van der Waals surface area (Å²) in [6, 6.07) is 10.1. The molecule has 0 spiro atoms. The summed E-state index contributed by atoms with van der Waals surface area (Å²) < 4.78 is 13.3. The Morgan fingerprint density at radius 1 is 1.17 bits per heavy atom. The lowest BCUT2D eigenvalue weighted by Gasteiger charge is -2.10. The predicted octanol–water partition coefficient (Wildman–Crippen LogP) is 4.22. The van der Waals surface area contributed by atoms with Gasteiger partial charge in [0.1, 0.15) is 5.82 Å². The molecule has 0 saturated carbocycles. The van der Waals surface area contributed by atoms with Crippen LogP contribution in [-0.2, 0) is 6.42 Å². The molecule has 0 radical (unpaired) electrons. The number of benzene rings is 2. The Labute approximate surface area is 114 Å². The Morgan fingerprint density at radius 2 is 2.00 bits per heavy atom. The van der Waals surface area contributed by atoms with Crippen LogP contribution < -0.4 is 0 Å². The van der Waals surface area contributed by atoms with Crippen LogP contribution in [0.25, 0.3) is 0 Å². The van der Waals surface area contributed by atoms with E-state index in [9.17, 15) is 9.50 Å². The molecule has 2 aromatic rings. The van der Waals surface area contributed by atoms with E-state index in [1.807, 2.05) is 18.2 Å². The Morgan fingerprint density at radius 3 is 2.83 bits per heavy atom. The number of hydrogen-bond acceptors (Lipinski definition) is 2. The minimum atomic E-state index is -0.675. The Balaban J connectivity index is 2.14. The van der Waals surface area contributed by atoms with Crippen LogP contribution in [0.2, 0.25) is 5.02 Å². The molecule has 1 unspecified atom stereocenters. The average Bonchev–Trinajstić information content (AvgIpc) is 2.46. The Bertz CT molecular complexity index is 615. The zero-order chi connectivity index (χ0) is 12.7. The van der Waals surface area contributed by atoms with Gasteiger partial charge in [0.25, 0.3) is 0 Å². The zero-order valence-electron chi connectivity index (χ0n) is 9.36. The first-order valence-electron chi connectivity index (χ1n) is 5.57. The number of rotatable bonds is 0. The van der Waals surface area contributed by atoms with E-state index in [2.05, 4.69) is 0 Å². The van der Waals surface area contributed by atoms with Gasteiger partial charge in [0.15, 0.2) is 0 Å². The van der Waals surface area contributed by atoms with Crippen LogP contribution in [0.4, 0.5) is 4.39 Å². The first-order valence-corrected chi connectivity index (χ1v) is 6.77. The molecule has 0 amide bonds. The summed E-state index contributed by atoms with van der Waals surface area (Å²) >= 11 is 7.50. The maximum atomic E-state index is 13.3. The Kier molecular flexibility index (Phi) is 3.06. The van der Waals surface area contributed by atoms with Crippen LogP contribution in [0.1, 0.15) is 17.2 Å². The number of hydrogen-bond donors (Lipinski definition) is 1. The molecule has 18 heavy (non-hydrogen) atoms. The second-order valence-electron chi connectivity index (χ2n) is 4.26. The molecule has 3 rings (SSSR count). The van der Waals surface area contributed by atoms with Crippen molar-refractivity contribution in [2.45, 2.75) is 22.3 Å². The van der Waals surface area contributed by atoms with Gasteiger partial charge in [-0.25, -0.2) is 4.39 Å². The predicted molar refractivity (Wildman–Crippen MR) is 70.6 cm³/mol. The van der Waals surface area contributed by atoms with Gasteiger partial charge in [0.05, 0.1) is 6.10 Å². The van der Waals surface area contributed by atoms with E-state index in [-0.39, 0.29) is 5.82 Å². The third-order valence-corrected chi connectivity index (χ3v) is 4.42. The van der Waals surface area contributed by atoms with Crippen LogP contribution in [0.3, 0.4) is 0 Å². The smallest absolute Gasteiger partial charge is 0.123 e. The van der Waals surface area contributed by atoms with Crippen LogP contribution >= 0.6 is 23.4 Å². The van der Waals surface area contributed by atoms with Crippen molar-refractivity contribution in [2.24, 2.45) is 0 Å². The fourth-order valence-corrected chi connectivity index (χ4v) is 3.49. The third kappa shape index (κ3) is 2.14. The second-order valence-corrected chi connectivity index (χ2v) is 5.78. The van der Waals surface area contributed by atoms with Gasteiger partial charge >= 0.3 is 0 Å². The molecule has 1 nitrogen and oxygen atoms in total. The maximum Gasteiger partial charge on any atom is 0.123 e. The van der Waals surface area contributed by atoms with Crippen LogP contribution in [-0.4, -0.2) is 5.11 Å². The summed E-state index contributed by atoms with van der Waals surface area (Å²) in [4.78, 5) is 1.90. The van der Waals surface area contributed by atoms with E-state index in [4.69, 9.17) is 11.6 Å². The van der Waals surface area contributed by atoms with Crippen molar-refractivity contribution < 1.29 is 9.50 Å². The highest BCUT2D eigenvalue weighted by molar-refractivity contribution is 7.99. The monoisotopic (exact) mass is 280 g/mol. The molecule has 0 aliphatic carbocycles. The molecule has 4 heteroatoms. The van der Waals surface area contributed by atoms with Crippen molar-refractivity contribution in [1.29, 1.82) is 0 Å². The molecule has 0 saturated heterocycles. The molecule has 0 aromatic heterocycles. The van der Waals surface area contributed by atoms with Crippen LogP contribution in [0, 0.1) is 5.82 Å². The SMILES string of the molecule is OC1Cc2ccc(Cl)cc2Sc2ccc(F)cc21. The molecule has 92 valence electrons. The topological polar surface area (TPSA) is 20.2 Å². The van der Waals surface area contributed by atoms with Gasteiger partial charge in [-0.3, -0.25) is 0 Å². The van der Waals surface area contributed by atoms with E-state index in [1.54, 1.807) is 6.07 Å². The molecular weight excluding hydrogens is 271 g/mol. The number of halogens is 2. The van der Waals surface area contributed by atoms with Gasteiger partial charge in [-0.1, -0.05) is 29.4 Å². The van der Waals surface area contributed by atoms with E-state index in [1.165, 1.54) is 23.9 Å². The summed E-state index contributed by atoms with van der Waals surface area (Å²) in [6.07, 6.45) is -0.193. The highest BCUT2D eigenvalue weighted by Gasteiger charge is 2.21. The minimum Gasteiger partial charge on any atom is -0.388 e. The molecule has 2 aromatic carbocycles. The molecular formula is C14H10ClFOS. The summed E-state index contributed by atoms with van der Waals surface area (Å²) in [5.41, 5.74) is 1.68. The lowest BCUT2D eigenvalue weighted by Crippen LogP contribution is -2.01. The highest BCUT2D eigenvalue weighted by atomic mass is 35.5. The van der Waals surface area contributed by atoms with Crippen molar-refractivity contribution in [3.8, 4) is 0 Å². The van der Waals surface area contributed by atoms with E-state index < -0.39 is 6.10 Å². The largest absolute Gasteiger partial charge is 0.388 e. The molecule has 1 atom stereocenters. The van der Waals surface area contributed by atoms with E-state index in [0.717, 1.165) is 15.4 Å². The molecule has 1 aliphatic rings. The van der Waals surface area contributed by atoms with Crippen molar-refractivity contribution in [2.75, 3.05) is 0 Å². The van der Waals surface area contributed by atoms with Crippen LogP contribution in [0.15, 0.2) is 46.2 Å². The first-order chi connectivity index (χ1) is 8.63. The molecule has 1 aliphatic heterocycles. The van der Waals surface area contributed by atoms with Gasteiger partial charge in [0.2, 0.25) is 0 Å². The molecule has 1 N–H and O–H groups in total. The van der Waals surface area contributed by atoms with Crippen molar-refractivity contribution in [1.82, 2.24) is 0 Å². The van der Waals surface area contributed by atoms with Gasteiger partial charge in [-0.2, -0.15) is 0 Å². The molecule has 0 bridgehead atoms. The normalized spacial score (nSPS) is 17.8. The van der Waals surface area contributed by atoms with Gasteiger partial charge in [-0.15, -0.1) is 0 Å². The van der Waals surface area contributed by atoms with E-state index in [0.29, 0.717) is 17.0 Å². The van der Waals surface area contributed by atoms with Gasteiger partial charge < -0.3 is 5.11 Å². The van der Waals surface area contributed by atoms with Gasteiger partial charge in [0, 0.05) is 21.2 Å². The summed E-state index contributed by atoms with van der Waals surface area (Å²) in [7, 11) is 0. The Hall–Kier alpha value is -1.03. The van der Waals surface area contributed by atoms with Gasteiger partial charge in [-0.05, 0) is 41.5 Å². The average molecular weight is 281 g/mol. The minimum absolute atomic E-state index is 0.322. The fraction of sp³-hybridized carbons (Fsp3) is 0.143. The number of fused-ring (bicyclic) bond motifs is 2. The van der Waals surface area contributed by atoms with E-state index >= 15 is 0 Å². The van der Waals surface area contributed by atoms with Crippen LogP contribution in [0.5, 0.6) is 0 Å².